The fourth-order valence-corrected chi connectivity index (χ4v) is 5.27. The molecular weight excluding hydrogens is 445 g/mol. The van der Waals surface area contributed by atoms with Gasteiger partial charge in [-0.2, -0.15) is 11.8 Å². The van der Waals surface area contributed by atoms with Gasteiger partial charge in [0.25, 0.3) is 11.8 Å². The average Bonchev–Trinajstić information content (AvgIpc) is 2.82. The van der Waals surface area contributed by atoms with Gasteiger partial charge in [-0.3, -0.25) is 9.59 Å². The second-order valence-electron chi connectivity index (χ2n) is 8.45. The molecule has 1 saturated heterocycles. The Labute approximate surface area is 196 Å². The number of thioether (sulfide) groups is 1. The van der Waals surface area contributed by atoms with E-state index in [9.17, 15) is 19.1 Å². The number of hydrogen-bond donors (Lipinski definition) is 3. The monoisotopic (exact) mass is 473 g/mol. The number of nitrogens with one attached hydrogen (secondary N) is 2. The Kier molecular flexibility index (Phi) is 7.69. The molecule has 0 spiro atoms. The smallest absolute Gasteiger partial charge is 0.257 e. The molecule has 2 aliphatic rings. The molecule has 9 heteroatoms. The number of ether oxygens (including phenoxy) is 1. The zero-order chi connectivity index (χ0) is 23.2. The summed E-state index contributed by atoms with van der Waals surface area (Å²) in [6.45, 7) is 0. The number of rotatable bonds is 6. The zero-order valence-electron chi connectivity index (χ0n) is 18.3. The molecule has 1 aromatic heterocycles. The lowest BCUT2D eigenvalue weighted by Gasteiger charge is -2.30. The number of phenolic OH excluding ortho intramolecular Hbond substituents is 1. The van der Waals surface area contributed by atoms with Crippen LogP contribution in [0, 0.1) is 5.82 Å². The molecule has 4 rings (SSSR count). The van der Waals surface area contributed by atoms with Crippen molar-refractivity contribution in [1.29, 1.82) is 0 Å². The van der Waals surface area contributed by atoms with Gasteiger partial charge in [0.2, 0.25) is 5.88 Å². The maximum absolute atomic E-state index is 13.8. The van der Waals surface area contributed by atoms with Crippen molar-refractivity contribution in [2.45, 2.75) is 56.7 Å². The molecule has 7 nitrogen and oxygen atoms in total. The zero-order valence-corrected chi connectivity index (χ0v) is 19.1. The highest BCUT2D eigenvalue weighted by Crippen LogP contribution is 2.26. The molecule has 0 unspecified atom stereocenters. The van der Waals surface area contributed by atoms with Crippen molar-refractivity contribution in [3.8, 4) is 11.6 Å². The van der Waals surface area contributed by atoms with Crippen LogP contribution in [0.25, 0.3) is 0 Å². The maximum Gasteiger partial charge on any atom is 0.257 e. The van der Waals surface area contributed by atoms with Gasteiger partial charge in [0, 0.05) is 12.1 Å². The number of nitrogens with zero attached hydrogens (tertiary/aromatic N) is 1. The first-order valence-electron chi connectivity index (χ1n) is 11.3. The molecule has 0 bridgehead atoms. The molecule has 1 aromatic carbocycles. The van der Waals surface area contributed by atoms with Crippen molar-refractivity contribution in [2.24, 2.45) is 0 Å². The molecule has 0 atom stereocenters. The molecule has 1 aliphatic heterocycles. The summed E-state index contributed by atoms with van der Waals surface area (Å²) in [7, 11) is 0. The van der Waals surface area contributed by atoms with E-state index in [1.165, 1.54) is 12.1 Å². The number of aromatic nitrogens is 1. The molecule has 2 fully saturated rings. The predicted octanol–water partition coefficient (Wildman–Crippen LogP) is 3.67. The number of carbonyl (C=O) groups excluding carboxylic acids is 2. The van der Waals surface area contributed by atoms with E-state index in [-0.39, 0.29) is 46.9 Å². The first-order chi connectivity index (χ1) is 16.0. The second-order valence-corrected chi connectivity index (χ2v) is 9.67. The average molecular weight is 474 g/mol. The molecule has 1 aliphatic carbocycles. The molecular formula is C24H28FN3O4S. The molecule has 2 heterocycles. The van der Waals surface area contributed by atoms with E-state index in [2.05, 4.69) is 15.6 Å². The summed E-state index contributed by atoms with van der Waals surface area (Å²) in [5, 5.41) is 15.8. The third kappa shape index (κ3) is 6.16. The van der Waals surface area contributed by atoms with Crippen LogP contribution in [0.5, 0.6) is 11.6 Å². The van der Waals surface area contributed by atoms with Gasteiger partial charge in [0.05, 0.1) is 11.8 Å². The third-order valence-electron chi connectivity index (χ3n) is 6.06. The van der Waals surface area contributed by atoms with Crippen molar-refractivity contribution >= 4 is 23.6 Å². The van der Waals surface area contributed by atoms with E-state index in [4.69, 9.17) is 4.74 Å². The number of para-hydroxylation sites is 1. The van der Waals surface area contributed by atoms with Crippen LogP contribution in [-0.4, -0.2) is 51.6 Å². The van der Waals surface area contributed by atoms with Crippen molar-refractivity contribution < 1.29 is 23.8 Å². The van der Waals surface area contributed by atoms with Gasteiger partial charge in [-0.05, 0) is 68.2 Å². The standard InChI is InChI=1S/C24H28FN3O4S/c25-15-13-20(24(26-14-15)32-18-9-11-33-12-10-18)23(31)28-17-7-5-16(6-8-17)27-22(30)19-3-1-2-4-21(19)29/h1-4,13-14,16-18,29H,5-12H2,(H,27,30)(H,28,31). The predicted molar refractivity (Wildman–Crippen MR) is 124 cm³/mol. The summed E-state index contributed by atoms with van der Waals surface area (Å²) in [4.78, 5) is 29.4. The van der Waals surface area contributed by atoms with Gasteiger partial charge in [0.15, 0.2) is 0 Å². The van der Waals surface area contributed by atoms with Crippen LogP contribution in [0.2, 0.25) is 0 Å². The summed E-state index contributed by atoms with van der Waals surface area (Å²) in [6, 6.07) is 7.48. The lowest BCUT2D eigenvalue weighted by molar-refractivity contribution is 0.0884. The van der Waals surface area contributed by atoms with Crippen molar-refractivity contribution in [1.82, 2.24) is 15.6 Å². The number of phenols is 1. The van der Waals surface area contributed by atoms with Crippen molar-refractivity contribution in [2.75, 3.05) is 11.5 Å². The van der Waals surface area contributed by atoms with Gasteiger partial charge >= 0.3 is 0 Å². The highest BCUT2D eigenvalue weighted by atomic mass is 32.2. The van der Waals surface area contributed by atoms with Gasteiger partial charge < -0.3 is 20.5 Å². The van der Waals surface area contributed by atoms with Crippen LogP contribution < -0.4 is 15.4 Å². The number of benzene rings is 1. The van der Waals surface area contributed by atoms with Gasteiger partial charge in [-0.1, -0.05) is 12.1 Å². The first kappa shape index (κ1) is 23.4. The fourth-order valence-electron chi connectivity index (χ4n) is 4.21. The van der Waals surface area contributed by atoms with Crippen LogP contribution in [0.3, 0.4) is 0 Å². The molecule has 1 saturated carbocycles. The van der Waals surface area contributed by atoms with Gasteiger partial charge in [-0.15, -0.1) is 0 Å². The molecule has 2 aromatic rings. The Bertz CT molecular complexity index is 991. The number of aromatic hydroxyl groups is 1. The second kappa shape index (κ2) is 10.9. The Hall–Kier alpha value is -2.81. The van der Waals surface area contributed by atoms with Gasteiger partial charge in [-0.25, -0.2) is 9.37 Å². The van der Waals surface area contributed by atoms with Gasteiger partial charge in [0.1, 0.15) is 23.2 Å². The Morgan fingerprint density at radius 2 is 1.58 bits per heavy atom. The van der Waals surface area contributed by atoms with E-state index in [0.717, 1.165) is 30.5 Å². The van der Waals surface area contributed by atoms with E-state index in [1.54, 1.807) is 18.2 Å². The molecule has 3 N–H and O–H groups in total. The summed E-state index contributed by atoms with van der Waals surface area (Å²) >= 11 is 1.87. The highest BCUT2D eigenvalue weighted by Gasteiger charge is 2.27. The Balaban J connectivity index is 1.31. The van der Waals surface area contributed by atoms with Crippen LogP contribution >= 0.6 is 11.8 Å². The lowest BCUT2D eigenvalue weighted by atomic mass is 9.90. The van der Waals surface area contributed by atoms with E-state index >= 15 is 0 Å². The van der Waals surface area contributed by atoms with Crippen LogP contribution in [0.15, 0.2) is 36.5 Å². The fraction of sp³-hybridized carbons (Fsp3) is 0.458. The van der Waals surface area contributed by atoms with Crippen LogP contribution in [-0.2, 0) is 0 Å². The summed E-state index contributed by atoms with van der Waals surface area (Å²) in [5.74, 6) is 0.827. The number of carbonyl (C=O) groups is 2. The summed E-state index contributed by atoms with van der Waals surface area (Å²) in [5.41, 5.74) is 0.360. The van der Waals surface area contributed by atoms with Crippen molar-refractivity contribution in [3.05, 3.63) is 53.5 Å². The molecule has 33 heavy (non-hydrogen) atoms. The topological polar surface area (TPSA) is 101 Å². The van der Waals surface area contributed by atoms with E-state index in [1.807, 2.05) is 11.8 Å². The maximum atomic E-state index is 13.8. The third-order valence-corrected chi connectivity index (χ3v) is 7.10. The highest BCUT2D eigenvalue weighted by molar-refractivity contribution is 7.99. The largest absolute Gasteiger partial charge is 0.507 e. The SMILES string of the molecule is O=C(NC1CCC(NC(=O)c2cc(F)cnc2OC2CCSCC2)CC1)c1ccccc1O. The molecule has 2 amide bonds. The normalized spacial score (nSPS) is 21.2. The van der Waals surface area contributed by atoms with E-state index in [0.29, 0.717) is 25.7 Å². The molecule has 176 valence electrons. The van der Waals surface area contributed by atoms with Crippen LogP contribution in [0.4, 0.5) is 4.39 Å². The number of halogens is 1. The minimum Gasteiger partial charge on any atom is -0.507 e. The minimum atomic E-state index is -0.581. The number of amides is 2. The number of pyridine rings is 1. The summed E-state index contributed by atoms with van der Waals surface area (Å²) in [6.07, 6.45) is 5.54. The summed E-state index contributed by atoms with van der Waals surface area (Å²) < 4.78 is 19.8. The quantitative estimate of drug-likeness (QED) is 0.592. The number of hydrogen-bond acceptors (Lipinski definition) is 6. The first-order valence-corrected chi connectivity index (χ1v) is 12.4. The molecule has 0 radical (unpaired) electrons. The van der Waals surface area contributed by atoms with Crippen LogP contribution in [0.1, 0.15) is 59.2 Å². The van der Waals surface area contributed by atoms with Crippen molar-refractivity contribution in [3.63, 3.8) is 0 Å². The Morgan fingerprint density at radius 1 is 0.970 bits per heavy atom. The lowest BCUT2D eigenvalue weighted by Crippen LogP contribution is -2.44. The minimum absolute atomic E-state index is 0.0149. The van der Waals surface area contributed by atoms with E-state index < -0.39 is 11.7 Å². The Morgan fingerprint density at radius 3 is 2.21 bits per heavy atom.